The van der Waals surface area contributed by atoms with Gasteiger partial charge >= 0.3 is 0 Å². The van der Waals surface area contributed by atoms with E-state index in [0.29, 0.717) is 0 Å². The second-order valence-corrected chi connectivity index (χ2v) is 2.28. The number of aromatic nitrogens is 2. The van der Waals surface area contributed by atoms with Gasteiger partial charge in [0.1, 0.15) is 0 Å². The molecule has 2 heteroatoms. The fraction of sp³-hybridized carbons (Fsp3) is 0.300. The standard InChI is InChI=1S/C8H8N2.C2H6/c1-2-4-7-6-9-10-8(7)5-3-1;1-2/h2-6H,1H2,(H,9,10);1-2H3. The molecule has 1 aromatic rings. The number of nitrogens with one attached hydrogen (secondary N) is 1. The van der Waals surface area contributed by atoms with Gasteiger partial charge in [0.15, 0.2) is 0 Å². The van der Waals surface area contributed by atoms with Crippen LogP contribution in [0.2, 0.25) is 0 Å². The normalized spacial score (nSPS) is 12.8. The molecule has 2 rings (SSSR count). The number of fused-ring (bicyclic) bond motifs is 1. The molecule has 1 aliphatic rings. The molecule has 0 amide bonds. The van der Waals surface area contributed by atoms with Gasteiger partial charge in [0.2, 0.25) is 0 Å². The maximum Gasteiger partial charge on any atom is 0.0647 e. The van der Waals surface area contributed by atoms with Crippen LogP contribution in [0, 0.1) is 0 Å². The van der Waals surface area contributed by atoms with Crippen LogP contribution in [0.3, 0.4) is 0 Å². The lowest BCUT2D eigenvalue weighted by atomic mass is 10.2. The number of H-pyrrole nitrogens is 1. The van der Waals surface area contributed by atoms with Gasteiger partial charge in [-0.3, -0.25) is 5.10 Å². The van der Waals surface area contributed by atoms with E-state index >= 15 is 0 Å². The molecular formula is C10H14N2. The minimum absolute atomic E-state index is 1.02. The number of hydrogen-bond donors (Lipinski definition) is 1. The summed E-state index contributed by atoms with van der Waals surface area (Å²) in [5, 5.41) is 6.83. The molecule has 1 N–H and O–H groups in total. The molecule has 12 heavy (non-hydrogen) atoms. The maximum absolute atomic E-state index is 3.92. The van der Waals surface area contributed by atoms with Gasteiger partial charge in [0.05, 0.1) is 11.9 Å². The molecule has 0 saturated heterocycles. The summed E-state index contributed by atoms with van der Waals surface area (Å²) in [6, 6.07) is 0. The van der Waals surface area contributed by atoms with E-state index < -0.39 is 0 Å². The Balaban J connectivity index is 0.000000336. The summed E-state index contributed by atoms with van der Waals surface area (Å²) in [7, 11) is 0. The van der Waals surface area contributed by atoms with E-state index in [2.05, 4.69) is 34.5 Å². The van der Waals surface area contributed by atoms with Gasteiger partial charge in [0, 0.05) is 5.56 Å². The van der Waals surface area contributed by atoms with Crippen LogP contribution in [0.5, 0.6) is 0 Å². The van der Waals surface area contributed by atoms with Gasteiger partial charge in [-0.2, -0.15) is 5.10 Å². The number of rotatable bonds is 0. The topological polar surface area (TPSA) is 28.7 Å². The number of nitrogens with zero attached hydrogens (tertiary/aromatic N) is 1. The first kappa shape index (κ1) is 8.78. The predicted octanol–water partition coefficient (Wildman–Crippen LogP) is 2.87. The van der Waals surface area contributed by atoms with Gasteiger partial charge in [0.25, 0.3) is 0 Å². The minimum atomic E-state index is 1.02. The largest absolute Gasteiger partial charge is 0.278 e. The van der Waals surface area contributed by atoms with Crippen molar-refractivity contribution in [3.63, 3.8) is 0 Å². The van der Waals surface area contributed by atoms with Crippen molar-refractivity contribution in [2.24, 2.45) is 0 Å². The maximum atomic E-state index is 3.92. The highest BCUT2D eigenvalue weighted by atomic mass is 15.1. The Morgan fingerprint density at radius 1 is 1.25 bits per heavy atom. The van der Waals surface area contributed by atoms with E-state index in [1.165, 1.54) is 5.56 Å². The number of allylic oxidation sites excluding steroid dienone is 2. The summed E-state index contributed by atoms with van der Waals surface area (Å²) in [5.41, 5.74) is 2.28. The van der Waals surface area contributed by atoms with E-state index in [1.54, 1.807) is 0 Å². The lowest BCUT2D eigenvalue weighted by Gasteiger charge is -1.83. The van der Waals surface area contributed by atoms with Gasteiger partial charge in [-0.25, -0.2) is 0 Å². The fourth-order valence-corrected chi connectivity index (χ4v) is 1.03. The molecule has 0 fully saturated rings. The second-order valence-electron chi connectivity index (χ2n) is 2.28. The molecule has 0 saturated carbocycles. The monoisotopic (exact) mass is 162 g/mol. The Hall–Kier alpha value is -1.31. The van der Waals surface area contributed by atoms with E-state index in [-0.39, 0.29) is 0 Å². The highest BCUT2D eigenvalue weighted by Crippen LogP contribution is 2.12. The highest BCUT2D eigenvalue weighted by Gasteiger charge is 1.98. The van der Waals surface area contributed by atoms with Crippen molar-refractivity contribution < 1.29 is 0 Å². The number of hydrogen-bond acceptors (Lipinski definition) is 1. The van der Waals surface area contributed by atoms with Crippen molar-refractivity contribution in [2.75, 3.05) is 0 Å². The first-order valence-corrected chi connectivity index (χ1v) is 4.33. The van der Waals surface area contributed by atoms with Gasteiger partial charge in [-0.05, 0) is 12.5 Å². The molecule has 0 radical (unpaired) electrons. The highest BCUT2D eigenvalue weighted by molar-refractivity contribution is 5.63. The zero-order valence-electron chi connectivity index (χ0n) is 7.54. The summed E-state index contributed by atoms with van der Waals surface area (Å²) in [6.45, 7) is 4.00. The van der Waals surface area contributed by atoms with E-state index in [1.807, 2.05) is 20.0 Å². The lowest BCUT2D eigenvalue weighted by Crippen LogP contribution is -1.72. The first-order valence-electron chi connectivity index (χ1n) is 4.33. The third kappa shape index (κ3) is 1.84. The molecule has 1 heterocycles. The summed E-state index contributed by atoms with van der Waals surface area (Å²) >= 11 is 0. The molecule has 64 valence electrons. The molecule has 0 aliphatic heterocycles. The van der Waals surface area contributed by atoms with Crippen LogP contribution >= 0.6 is 0 Å². The molecule has 2 nitrogen and oxygen atoms in total. The van der Waals surface area contributed by atoms with Crippen LogP contribution in [0.15, 0.2) is 18.3 Å². The SMILES string of the molecule is C1=Cc2cn[nH]c2C=CC1.CC. The van der Waals surface area contributed by atoms with Crippen molar-refractivity contribution >= 4 is 12.2 Å². The van der Waals surface area contributed by atoms with Crippen LogP contribution in [-0.2, 0) is 0 Å². The lowest BCUT2D eigenvalue weighted by molar-refractivity contribution is 1.08. The summed E-state index contributed by atoms with van der Waals surface area (Å²) in [4.78, 5) is 0. The third-order valence-electron chi connectivity index (χ3n) is 1.55. The molecular weight excluding hydrogens is 148 g/mol. The Labute approximate surface area is 73.0 Å². The van der Waals surface area contributed by atoms with E-state index in [9.17, 15) is 0 Å². The molecule has 0 spiro atoms. The third-order valence-corrected chi connectivity index (χ3v) is 1.55. The fourth-order valence-electron chi connectivity index (χ4n) is 1.03. The molecule has 0 unspecified atom stereocenters. The van der Waals surface area contributed by atoms with Gasteiger partial charge < -0.3 is 0 Å². The first-order chi connectivity index (χ1) is 5.97. The van der Waals surface area contributed by atoms with Crippen LogP contribution < -0.4 is 0 Å². The van der Waals surface area contributed by atoms with E-state index in [4.69, 9.17) is 0 Å². The summed E-state index contributed by atoms with van der Waals surface area (Å²) in [6.07, 6.45) is 11.2. The van der Waals surface area contributed by atoms with Crippen molar-refractivity contribution in [2.45, 2.75) is 20.3 Å². The Kier molecular flexibility index (Phi) is 3.33. The second kappa shape index (κ2) is 4.54. The Bertz CT molecular complexity index is 255. The molecule has 0 atom stereocenters. The van der Waals surface area contributed by atoms with Crippen LogP contribution in [0.25, 0.3) is 12.2 Å². The molecule has 0 bridgehead atoms. The Morgan fingerprint density at radius 2 is 2.00 bits per heavy atom. The molecule has 0 aromatic carbocycles. The predicted molar refractivity (Wildman–Crippen MR) is 52.6 cm³/mol. The summed E-state index contributed by atoms with van der Waals surface area (Å²) in [5.74, 6) is 0. The quantitative estimate of drug-likeness (QED) is 0.624. The molecule has 1 aliphatic carbocycles. The Morgan fingerprint density at radius 3 is 2.83 bits per heavy atom. The van der Waals surface area contributed by atoms with Crippen LogP contribution in [0.4, 0.5) is 0 Å². The van der Waals surface area contributed by atoms with Crippen molar-refractivity contribution in [3.8, 4) is 0 Å². The van der Waals surface area contributed by atoms with Crippen LogP contribution in [0.1, 0.15) is 31.5 Å². The average molecular weight is 162 g/mol. The average Bonchev–Trinajstić information content (AvgIpc) is 2.46. The van der Waals surface area contributed by atoms with E-state index in [0.717, 1.165) is 12.1 Å². The number of aromatic amines is 1. The van der Waals surface area contributed by atoms with Crippen molar-refractivity contribution in [3.05, 3.63) is 29.6 Å². The van der Waals surface area contributed by atoms with Gasteiger partial charge in [-0.15, -0.1) is 0 Å². The zero-order valence-corrected chi connectivity index (χ0v) is 7.54. The smallest absolute Gasteiger partial charge is 0.0647 e. The van der Waals surface area contributed by atoms with Gasteiger partial charge in [-0.1, -0.05) is 32.1 Å². The van der Waals surface area contributed by atoms with Crippen molar-refractivity contribution in [1.82, 2.24) is 10.2 Å². The zero-order chi connectivity index (χ0) is 8.81. The summed E-state index contributed by atoms with van der Waals surface area (Å²) < 4.78 is 0. The van der Waals surface area contributed by atoms with Crippen molar-refractivity contribution in [1.29, 1.82) is 0 Å². The molecule has 1 aromatic heterocycles. The van der Waals surface area contributed by atoms with Crippen LogP contribution in [-0.4, -0.2) is 10.2 Å². The minimum Gasteiger partial charge on any atom is -0.278 e.